The Bertz CT molecular complexity index is 836. The summed E-state index contributed by atoms with van der Waals surface area (Å²) in [6.45, 7) is 3.42. The molecule has 0 aromatic carbocycles. The summed E-state index contributed by atoms with van der Waals surface area (Å²) in [7, 11) is 0. The first-order valence-corrected chi connectivity index (χ1v) is 9.43. The Morgan fingerprint density at radius 1 is 1.19 bits per heavy atom. The summed E-state index contributed by atoms with van der Waals surface area (Å²) in [6, 6.07) is -3.30. The van der Waals surface area contributed by atoms with Crippen LogP contribution in [0.15, 0.2) is 17.1 Å². The topological polar surface area (TPSA) is 197 Å². The van der Waals surface area contributed by atoms with Gasteiger partial charge in [-0.15, -0.1) is 0 Å². The van der Waals surface area contributed by atoms with Crippen LogP contribution < -0.4 is 22.1 Å². The third-order valence-corrected chi connectivity index (χ3v) is 4.05. The van der Waals surface area contributed by atoms with Crippen molar-refractivity contribution in [2.24, 2.45) is 22.4 Å². The number of carboxylic acid groups (broad SMARTS) is 1. The van der Waals surface area contributed by atoms with E-state index < -0.39 is 41.8 Å². The van der Waals surface area contributed by atoms with Crippen LogP contribution in [0.1, 0.15) is 26.7 Å². The second kappa shape index (κ2) is 12.0. The number of amides is 5. The monoisotopic (exact) mass is 434 g/mol. The number of aliphatic imine (C=N–C) groups is 1. The van der Waals surface area contributed by atoms with Crippen LogP contribution in [-0.2, 0) is 19.2 Å². The van der Waals surface area contributed by atoms with Gasteiger partial charge in [-0.1, -0.05) is 25.7 Å². The van der Waals surface area contributed by atoms with Crippen LogP contribution >= 0.6 is 0 Å². The Balaban J connectivity index is 2.71. The Labute approximate surface area is 179 Å². The molecular formula is C19H26N6O6. The molecule has 0 aliphatic carbocycles. The van der Waals surface area contributed by atoms with Crippen LogP contribution in [0.4, 0.5) is 4.79 Å². The molecule has 0 bridgehead atoms. The van der Waals surface area contributed by atoms with E-state index in [0.29, 0.717) is 6.42 Å². The van der Waals surface area contributed by atoms with Crippen molar-refractivity contribution in [1.82, 2.24) is 15.5 Å². The highest BCUT2D eigenvalue weighted by Gasteiger charge is 2.27. The van der Waals surface area contributed by atoms with Gasteiger partial charge in [0.15, 0.2) is 6.04 Å². The number of aliphatic carboxylic acids is 1. The first-order valence-electron chi connectivity index (χ1n) is 9.43. The summed E-state index contributed by atoms with van der Waals surface area (Å²) in [5, 5.41) is 13.7. The Morgan fingerprint density at radius 3 is 2.32 bits per heavy atom. The SMILES string of the molecule is CC(C)[C@H](N=C(N)CCCN1C(=O)C=CC1=O)C(=O)NC(C#CCNC(N)=O)C(=O)O. The Kier molecular flexibility index (Phi) is 9.71. The smallest absolute Gasteiger partial charge is 0.338 e. The molecule has 1 aliphatic heterocycles. The van der Waals surface area contributed by atoms with E-state index in [1.807, 2.05) is 0 Å². The fourth-order valence-electron chi connectivity index (χ4n) is 2.50. The molecule has 31 heavy (non-hydrogen) atoms. The van der Waals surface area contributed by atoms with Gasteiger partial charge in [0.25, 0.3) is 11.8 Å². The van der Waals surface area contributed by atoms with E-state index in [0.717, 1.165) is 4.90 Å². The second-order valence-electron chi connectivity index (χ2n) is 6.89. The summed E-state index contributed by atoms with van der Waals surface area (Å²) >= 11 is 0. The molecule has 7 N–H and O–H groups in total. The van der Waals surface area contributed by atoms with Crippen LogP contribution in [-0.4, -0.2) is 70.7 Å². The zero-order valence-electron chi connectivity index (χ0n) is 17.3. The molecule has 12 nitrogen and oxygen atoms in total. The standard InChI is InChI=1S/C19H26N6O6/c1-11(2)16(17(28)23-12(18(29)30)5-3-9-22-19(21)31)24-13(20)6-4-10-25-14(26)7-8-15(25)27/h7-8,11-12,16H,4,6,9-10H2,1-2H3,(H2,20,24)(H,23,28)(H,29,30)(H3,21,22,31)/t12?,16-/m0/s1. The number of primary amides is 1. The number of carbonyl (C=O) groups excluding carboxylic acids is 4. The molecule has 168 valence electrons. The number of nitrogens with zero attached hydrogens (tertiary/aromatic N) is 2. The van der Waals surface area contributed by atoms with Crippen molar-refractivity contribution in [3.05, 3.63) is 12.2 Å². The average molecular weight is 434 g/mol. The molecule has 1 rings (SSSR count). The van der Waals surface area contributed by atoms with Crippen molar-refractivity contribution in [2.75, 3.05) is 13.1 Å². The van der Waals surface area contributed by atoms with Gasteiger partial charge in [-0.2, -0.15) is 0 Å². The number of carboxylic acids is 1. The van der Waals surface area contributed by atoms with Crippen molar-refractivity contribution >= 4 is 35.6 Å². The maximum atomic E-state index is 12.5. The quantitative estimate of drug-likeness (QED) is 0.117. The van der Waals surface area contributed by atoms with Crippen LogP contribution in [0.3, 0.4) is 0 Å². The van der Waals surface area contributed by atoms with Gasteiger partial charge in [0, 0.05) is 25.1 Å². The lowest BCUT2D eigenvalue weighted by Crippen LogP contribution is -2.46. The molecule has 0 fully saturated rings. The second-order valence-corrected chi connectivity index (χ2v) is 6.89. The molecule has 1 aliphatic rings. The molecule has 0 aromatic rings. The number of urea groups is 1. The minimum absolute atomic E-state index is 0.129. The number of hydrogen-bond donors (Lipinski definition) is 5. The van der Waals surface area contributed by atoms with Crippen molar-refractivity contribution in [1.29, 1.82) is 0 Å². The average Bonchev–Trinajstić information content (AvgIpc) is 2.99. The van der Waals surface area contributed by atoms with E-state index in [2.05, 4.69) is 27.5 Å². The predicted molar refractivity (Wildman–Crippen MR) is 110 cm³/mol. The molecule has 12 heteroatoms. The van der Waals surface area contributed by atoms with Gasteiger partial charge in [-0.05, 0) is 12.3 Å². The summed E-state index contributed by atoms with van der Waals surface area (Å²) < 4.78 is 0. The summed E-state index contributed by atoms with van der Waals surface area (Å²) in [6.07, 6.45) is 2.96. The summed E-state index contributed by atoms with van der Waals surface area (Å²) in [5.41, 5.74) is 10.8. The summed E-state index contributed by atoms with van der Waals surface area (Å²) in [4.78, 5) is 62.8. The van der Waals surface area contributed by atoms with Gasteiger partial charge >= 0.3 is 12.0 Å². The van der Waals surface area contributed by atoms with Gasteiger partial charge in [-0.3, -0.25) is 24.3 Å². The van der Waals surface area contributed by atoms with Crippen LogP contribution in [0, 0.1) is 17.8 Å². The van der Waals surface area contributed by atoms with E-state index in [1.54, 1.807) is 13.8 Å². The number of amidine groups is 1. The first kappa shape index (κ1) is 25.2. The fraction of sp³-hybridized carbons (Fsp3) is 0.474. The van der Waals surface area contributed by atoms with E-state index in [4.69, 9.17) is 11.5 Å². The van der Waals surface area contributed by atoms with E-state index >= 15 is 0 Å². The highest BCUT2D eigenvalue weighted by atomic mass is 16.4. The number of hydrogen-bond acceptors (Lipinski definition) is 6. The number of nitrogens with two attached hydrogens (primary N) is 2. The van der Waals surface area contributed by atoms with Crippen molar-refractivity contribution < 1.29 is 29.1 Å². The summed E-state index contributed by atoms with van der Waals surface area (Å²) in [5.74, 6) is 1.68. The molecule has 2 atom stereocenters. The number of carbonyl (C=O) groups is 5. The van der Waals surface area contributed by atoms with Gasteiger partial charge in [0.1, 0.15) is 6.04 Å². The van der Waals surface area contributed by atoms with Crippen molar-refractivity contribution in [2.45, 2.75) is 38.8 Å². The molecule has 1 heterocycles. The Hall–Kier alpha value is -3.88. The van der Waals surface area contributed by atoms with Crippen LogP contribution in [0.2, 0.25) is 0 Å². The third kappa shape index (κ3) is 8.57. The minimum Gasteiger partial charge on any atom is -0.479 e. The van der Waals surface area contributed by atoms with E-state index in [1.165, 1.54) is 12.2 Å². The van der Waals surface area contributed by atoms with Crippen LogP contribution in [0.25, 0.3) is 0 Å². The lowest BCUT2D eigenvalue weighted by molar-refractivity contribution is -0.140. The normalized spacial score (nSPS) is 15.3. The zero-order valence-corrected chi connectivity index (χ0v) is 17.3. The van der Waals surface area contributed by atoms with Crippen molar-refractivity contribution in [3.8, 4) is 11.8 Å². The first-order chi connectivity index (χ1) is 14.5. The lowest BCUT2D eigenvalue weighted by atomic mass is 10.0. The molecule has 5 amide bonds. The minimum atomic E-state index is -1.51. The van der Waals surface area contributed by atoms with Crippen molar-refractivity contribution in [3.63, 3.8) is 0 Å². The zero-order chi connectivity index (χ0) is 23.6. The molecule has 0 saturated heterocycles. The number of rotatable bonds is 10. The molecule has 0 aromatic heterocycles. The van der Waals surface area contributed by atoms with Gasteiger partial charge < -0.3 is 27.2 Å². The van der Waals surface area contributed by atoms with Crippen LogP contribution in [0.5, 0.6) is 0 Å². The Morgan fingerprint density at radius 2 is 1.81 bits per heavy atom. The van der Waals surface area contributed by atoms with E-state index in [-0.39, 0.29) is 31.3 Å². The van der Waals surface area contributed by atoms with Gasteiger partial charge in [0.2, 0.25) is 5.91 Å². The molecule has 1 unspecified atom stereocenters. The molecular weight excluding hydrogens is 408 g/mol. The number of imide groups is 1. The predicted octanol–water partition coefficient (Wildman–Crippen LogP) is -1.69. The maximum Gasteiger partial charge on any atom is 0.338 e. The molecule has 0 saturated carbocycles. The molecule has 0 radical (unpaired) electrons. The highest BCUT2D eigenvalue weighted by Crippen LogP contribution is 2.10. The fourth-order valence-corrected chi connectivity index (χ4v) is 2.50. The largest absolute Gasteiger partial charge is 0.479 e. The molecule has 0 spiro atoms. The lowest BCUT2D eigenvalue weighted by Gasteiger charge is -2.19. The highest BCUT2D eigenvalue weighted by molar-refractivity contribution is 6.12. The van der Waals surface area contributed by atoms with Gasteiger partial charge in [-0.25, -0.2) is 9.59 Å². The maximum absolute atomic E-state index is 12.5. The number of nitrogens with one attached hydrogen (secondary N) is 2. The van der Waals surface area contributed by atoms with Gasteiger partial charge in [0.05, 0.1) is 12.4 Å². The van der Waals surface area contributed by atoms with E-state index in [9.17, 15) is 29.1 Å². The third-order valence-electron chi connectivity index (χ3n) is 4.05.